The molecule has 6 atom stereocenters. The molecule has 0 bridgehead atoms. The van der Waals surface area contributed by atoms with Crippen molar-refractivity contribution >= 4 is 17.5 Å². The number of ketones is 2. The van der Waals surface area contributed by atoms with E-state index in [-0.39, 0.29) is 11.3 Å². The van der Waals surface area contributed by atoms with E-state index in [0.717, 1.165) is 12.8 Å². The normalized spacial score (nSPS) is 31.3. The summed E-state index contributed by atoms with van der Waals surface area (Å²) in [4.78, 5) is 40.9. The number of primary amides is 1. The second kappa shape index (κ2) is 8.93. The Morgan fingerprint density at radius 2 is 1.76 bits per heavy atom. The molecule has 1 aromatic rings. The summed E-state index contributed by atoms with van der Waals surface area (Å²) in [6, 6.07) is 2.20. The smallest absolute Gasteiger partial charge is 0.255 e. The Morgan fingerprint density at radius 1 is 1.16 bits per heavy atom. The van der Waals surface area contributed by atoms with Crippen LogP contribution in [0.5, 0.6) is 5.75 Å². The predicted molar refractivity (Wildman–Crippen MR) is 138 cm³/mol. The van der Waals surface area contributed by atoms with Gasteiger partial charge in [0.05, 0.1) is 23.6 Å². The first-order valence-electron chi connectivity index (χ1n) is 12.7. The lowest BCUT2D eigenvalue weighted by molar-refractivity contribution is -0.162. The Balaban J connectivity index is 2.02. The summed E-state index contributed by atoms with van der Waals surface area (Å²) in [5, 5.41) is 57.0. The zero-order valence-corrected chi connectivity index (χ0v) is 22.4. The van der Waals surface area contributed by atoms with Crippen molar-refractivity contribution in [1.82, 2.24) is 4.90 Å². The molecular formula is C28H36N2O8. The quantitative estimate of drug-likeness (QED) is 0.310. The molecule has 206 valence electrons. The van der Waals surface area contributed by atoms with E-state index < -0.39 is 81.1 Å². The van der Waals surface area contributed by atoms with E-state index in [0.29, 0.717) is 11.1 Å². The summed E-state index contributed by atoms with van der Waals surface area (Å²) >= 11 is 0. The topological polar surface area (TPSA) is 182 Å². The molecule has 0 radical (unpaired) electrons. The van der Waals surface area contributed by atoms with Crippen molar-refractivity contribution in [1.29, 1.82) is 0 Å². The van der Waals surface area contributed by atoms with Crippen molar-refractivity contribution in [2.24, 2.45) is 17.6 Å². The standard InChI is InChI=1S/C28H36N2O8/c1-7-10-27(3,4)13-9-8-12-11(2)14-16(21(32)15(12)20(13)31)24(35)28(38)18(22(14)33)19(30(5)6)23(34)17(25(28)36)26(29)37/h8-9,11,14,18-19,22,31,33-35,38H,7,10H2,1-6H3,(H2,29,37)/t11-,14+,18+,19-,22-,28-/m1/s1. The second-order valence-electron chi connectivity index (χ2n) is 11.6. The van der Waals surface area contributed by atoms with Gasteiger partial charge in [0.1, 0.15) is 22.8 Å². The SMILES string of the molecule is CCCC(C)(C)c1ccc2c(c1O)C(=O)C1=C(O)[C@@]3(O)C(=O)C(C(N)=O)=C(O)[C@H](N(C)C)[C@H]3[C@H](O)[C@H]1[C@@H]2C. The molecule has 3 aliphatic rings. The van der Waals surface area contributed by atoms with Gasteiger partial charge < -0.3 is 31.3 Å². The van der Waals surface area contributed by atoms with Crippen LogP contribution in [-0.2, 0) is 15.0 Å². The van der Waals surface area contributed by atoms with E-state index in [1.54, 1.807) is 19.1 Å². The highest BCUT2D eigenvalue weighted by Gasteiger charge is 2.67. The predicted octanol–water partition coefficient (Wildman–Crippen LogP) is 1.73. The van der Waals surface area contributed by atoms with Crippen LogP contribution < -0.4 is 5.73 Å². The van der Waals surface area contributed by atoms with Gasteiger partial charge in [0.15, 0.2) is 11.4 Å². The highest BCUT2D eigenvalue weighted by atomic mass is 16.4. The first-order chi connectivity index (χ1) is 17.5. The first-order valence-corrected chi connectivity index (χ1v) is 12.7. The van der Waals surface area contributed by atoms with Gasteiger partial charge in [-0.15, -0.1) is 0 Å². The summed E-state index contributed by atoms with van der Waals surface area (Å²) < 4.78 is 0. The largest absolute Gasteiger partial charge is 0.510 e. The number of hydrogen-bond donors (Lipinski definition) is 6. The summed E-state index contributed by atoms with van der Waals surface area (Å²) in [7, 11) is 3.00. The average Bonchev–Trinajstić information content (AvgIpc) is 2.80. The number of hydrogen-bond acceptors (Lipinski definition) is 9. The number of rotatable bonds is 5. The number of aliphatic hydroxyl groups is 4. The van der Waals surface area contributed by atoms with Crippen molar-refractivity contribution in [3.8, 4) is 5.75 Å². The number of carbonyl (C=O) groups excluding carboxylic acids is 3. The monoisotopic (exact) mass is 528 g/mol. The molecule has 38 heavy (non-hydrogen) atoms. The number of phenols is 1. The molecular weight excluding hydrogens is 492 g/mol. The third kappa shape index (κ3) is 3.47. The fraction of sp³-hybridized carbons (Fsp3) is 0.536. The highest BCUT2D eigenvalue weighted by Crippen LogP contribution is 2.56. The van der Waals surface area contributed by atoms with Crippen LogP contribution in [0.3, 0.4) is 0 Å². The van der Waals surface area contributed by atoms with Gasteiger partial charge in [0.25, 0.3) is 5.91 Å². The van der Waals surface area contributed by atoms with Crippen molar-refractivity contribution in [3.63, 3.8) is 0 Å². The van der Waals surface area contributed by atoms with Crippen LogP contribution in [0.2, 0.25) is 0 Å². The van der Waals surface area contributed by atoms with Gasteiger partial charge in [-0.1, -0.05) is 46.2 Å². The first kappa shape index (κ1) is 27.8. The number of nitrogens with zero attached hydrogens (tertiary/aromatic N) is 1. The molecule has 0 spiro atoms. The molecule has 3 aliphatic carbocycles. The minimum absolute atomic E-state index is 0.0628. The molecule has 0 saturated heterocycles. The maximum atomic E-state index is 14.0. The fourth-order valence-electron chi connectivity index (χ4n) is 6.93. The van der Waals surface area contributed by atoms with Crippen LogP contribution in [0.15, 0.2) is 34.8 Å². The molecule has 0 heterocycles. The number of phenolic OH excluding ortho intramolecular Hbond substituents is 1. The number of benzene rings is 1. The second-order valence-corrected chi connectivity index (χ2v) is 11.6. The number of likely N-dealkylation sites (N-methyl/N-ethyl adjacent to an activating group) is 1. The van der Waals surface area contributed by atoms with Crippen LogP contribution in [0.25, 0.3) is 0 Å². The maximum absolute atomic E-state index is 14.0. The van der Waals surface area contributed by atoms with E-state index >= 15 is 0 Å². The third-order valence-corrected chi connectivity index (χ3v) is 8.74. The zero-order valence-electron chi connectivity index (χ0n) is 22.4. The van der Waals surface area contributed by atoms with Crippen LogP contribution in [0, 0.1) is 11.8 Å². The molecule has 0 saturated carbocycles. The van der Waals surface area contributed by atoms with Crippen molar-refractivity contribution in [3.05, 3.63) is 51.5 Å². The van der Waals surface area contributed by atoms with E-state index in [1.165, 1.54) is 19.0 Å². The van der Waals surface area contributed by atoms with Crippen molar-refractivity contribution < 1.29 is 39.9 Å². The molecule has 4 rings (SSSR count). The van der Waals surface area contributed by atoms with Gasteiger partial charge in [-0.2, -0.15) is 0 Å². The molecule has 7 N–H and O–H groups in total. The highest BCUT2D eigenvalue weighted by molar-refractivity contribution is 6.25. The molecule has 10 heteroatoms. The van der Waals surface area contributed by atoms with Crippen LogP contribution in [0.4, 0.5) is 0 Å². The number of aromatic hydroxyl groups is 1. The Morgan fingerprint density at radius 3 is 2.29 bits per heavy atom. The number of Topliss-reactive ketones (excluding diaryl/α,β-unsaturated/α-hetero) is 2. The van der Waals surface area contributed by atoms with Gasteiger partial charge >= 0.3 is 0 Å². The minimum Gasteiger partial charge on any atom is -0.510 e. The van der Waals surface area contributed by atoms with Crippen LogP contribution in [-0.4, -0.2) is 79.7 Å². The summed E-state index contributed by atoms with van der Waals surface area (Å²) in [5.74, 6) is -8.79. The zero-order chi connectivity index (χ0) is 28.6. The number of aliphatic hydroxyl groups excluding tert-OH is 3. The van der Waals surface area contributed by atoms with Gasteiger partial charge in [0, 0.05) is 17.1 Å². The maximum Gasteiger partial charge on any atom is 0.255 e. The number of carbonyl (C=O) groups is 3. The van der Waals surface area contributed by atoms with Gasteiger partial charge in [0.2, 0.25) is 5.78 Å². The fourth-order valence-corrected chi connectivity index (χ4v) is 6.93. The molecule has 0 fully saturated rings. The van der Waals surface area contributed by atoms with E-state index in [9.17, 15) is 39.9 Å². The van der Waals surface area contributed by atoms with Crippen LogP contribution in [0.1, 0.15) is 67.9 Å². The molecule has 0 unspecified atom stereocenters. The molecule has 1 aromatic carbocycles. The molecule has 1 amide bonds. The molecule has 0 aliphatic heterocycles. The van der Waals surface area contributed by atoms with Crippen molar-refractivity contribution in [2.45, 2.75) is 69.6 Å². The third-order valence-electron chi connectivity index (χ3n) is 8.74. The summed E-state index contributed by atoms with van der Waals surface area (Å²) in [6.07, 6.45) is -0.0455. The van der Waals surface area contributed by atoms with Crippen molar-refractivity contribution in [2.75, 3.05) is 14.1 Å². The van der Waals surface area contributed by atoms with Gasteiger partial charge in [-0.3, -0.25) is 19.3 Å². The lowest BCUT2D eigenvalue weighted by atomic mass is 9.55. The number of amides is 1. The van der Waals surface area contributed by atoms with Gasteiger partial charge in [-0.25, -0.2) is 0 Å². The lowest BCUT2D eigenvalue weighted by Crippen LogP contribution is -2.68. The van der Waals surface area contributed by atoms with E-state index in [1.807, 2.05) is 20.8 Å². The molecule has 10 nitrogen and oxygen atoms in total. The average molecular weight is 529 g/mol. The molecule has 0 aromatic heterocycles. The van der Waals surface area contributed by atoms with E-state index in [4.69, 9.17) is 5.73 Å². The minimum atomic E-state index is -2.92. The number of fused-ring (bicyclic) bond motifs is 3. The summed E-state index contributed by atoms with van der Waals surface area (Å²) in [5.41, 5.74) is 1.56. The lowest BCUT2D eigenvalue weighted by Gasteiger charge is -2.53. The Kier molecular flexibility index (Phi) is 6.54. The van der Waals surface area contributed by atoms with Crippen LogP contribution >= 0.6 is 0 Å². The summed E-state index contributed by atoms with van der Waals surface area (Å²) in [6.45, 7) is 7.61. The Bertz CT molecular complexity index is 1310. The van der Waals surface area contributed by atoms with E-state index in [2.05, 4.69) is 0 Å². The number of nitrogens with two attached hydrogens (primary N) is 1. The Labute approximate surface area is 221 Å². The van der Waals surface area contributed by atoms with Gasteiger partial charge in [-0.05, 0) is 37.4 Å². The Hall–Kier alpha value is -3.21.